The molecule has 1 saturated heterocycles. The molecule has 0 spiro atoms. The van der Waals surface area contributed by atoms with Gasteiger partial charge in [0.1, 0.15) is 0 Å². The van der Waals surface area contributed by atoms with Crippen LogP contribution in [0.3, 0.4) is 0 Å². The molecule has 1 aromatic rings. The third kappa shape index (κ3) is 2.76. The maximum Gasteiger partial charge on any atom is 0.0366 e. The number of rotatable bonds is 2. The zero-order valence-corrected chi connectivity index (χ0v) is 10.3. The number of para-hydroxylation sites is 1. The fraction of sp³-hybridized carbons (Fsp3) is 0.571. The van der Waals surface area contributed by atoms with E-state index >= 15 is 0 Å². The zero-order chi connectivity index (χ0) is 11.4. The van der Waals surface area contributed by atoms with Crippen LogP contribution < -0.4 is 10.2 Å². The van der Waals surface area contributed by atoms with E-state index in [2.05, 4.69) is 54.4 Å². The molecule has 16 heavy (non-hydrogen) atoms. The maximum absolute atomic E-state index is 3.64. The number of hydrogen-bond acceptors (Lipinski definition) is 2. The Balaban J connectivity index is 2.09. The van der Waals surface area contributed by atoms with E-state index < -0.39 is 0 Å². The summed E-state index contributed by atoms with van der Waals surface area (Å²) in [6.07, 6.45) is 1.23. The lowest BCUT2D eigenvalue weighted by atomic mass is 10.0. The lowest BCUT2D eigenvalue weighted by Gasteiger charge is -2.28. The summed E-state index contributed by atoms with van der Waals surface area (Å²) in [7, 11) is 0. The van der Waals surface area contributed by atoms with Gasteiger partial charge in [-0.3, -0.25) is 0 Å². The van der Waals surface area contributed by atoms with Crippen LogP contribution in [0.5, 0.6) is 0 Å². The van der Waals surface area contributed by atoms with Crippen molar-refractivity contribution in [2.75, 3.05) is 24.5 Å². The summed E-state index contributed by atoms with van der Waals surface area (Å²) in [5.41, 5.74) is 1.36. The first kappa shape index (κ1) is 11.5. The average Bonchev–Trinajstić information content (AvgIpc) is 2.56. The Labute approximate surface area is 98.7 Å². The molecule has 2 rings (SSSR count). The van der Waals surface area contributed by atoms with E-state index in [0.717, 1.165) is 13.1 Å². The fourth-order valence-corrected chi connectivity index (χ4v) is 2.27. The first-order valence-corrected chi connectivity index (χ1v) is 6.31. The number of nitrogens with zero attached hydrogens (tertiary/aromatic N) is 1. The van der Waals surface area contributed by atoms with Crippen LogP contribution in [0.1, 0.15) is 20.3 Å². The van der Waals surface area contributed by atoms with Crippen molar-refractivity contribution in [3.8, 4) is 0 Å². The molecular formula is C14H22N2. The summed E-state index contributed by atoms with van der Waals surface area (Å²) in [5, 5.41) is 3.64. The van der Waals surface area contributed by atoms with Crippen LogP contribution >= 0.6 is 0 Å². The Morgan fingerprint density at radius 3 is 2.69 bits per heavy atom. The van der Waals surface area contributed by atoms with Crippen LogP contribution in [0.15, 0.2) is 30.3 Å². The second-order valence-corrected chi connectivity index (χ2v) is 4.94. The van der Waals surface area contributed by atoms with Crippen molar-refractivity contribution in [1.29, 1.82) is 0 Å². The molecule has 0 bridgehead atoms. The molecule has 0 aliphatic carbocycles. The summed E-state index contributed by atoms with van der Waals surface area (Å²) < 4.78 is 0. The minimum Gasteiger partial charge on any atom is -0.370 e. The van der Waals surface area contributed by atoms with Crippen LogP contribution in [-0.2, 0) is 0 Å². The molecule has 1 aliphatic heterocycles. The second-order valence-electron chi connectivity index (χ2n) is 4.94. The first-order valence-electron chi connectivity index (χ1n) is 6.31. The van der Waals surface area contributed by atoms with Crippen LogP contribution in [0.4, 0.5) is 5.69 Å². The third-order valence-electron chi connectivity index (χ3n) is 3.35. The van der Waals surface area contributed by atoms with Gasteiger partial charge >= 0.3 is 0 Å². The summed E-state index contributed by atoms with van der Waals surface area (Å²) in [5.74, 6) is 0.698. The predicted octanol–water partition coefficient (Wildman–Crippen LogP) is 2.51. The summed E-state index contributed by atoms with van der Waals surface area (Å²) in [4.78, 5) is 2.50. The van der Waals surface area contributed by atoms with Gasteiger partial charge < -0.3 is 10.2 Å². The van der Waals surface area contributed by atoms with Crippen molar-refractivity contribution in [1.82, 2.24) is 5.32 Å². The highest BCUT2D eigenvalue weighted by molar-refractivity contribution is 5.46. The van der Waals surface area contributed by atoms with Crippen LogP contribution in [-0.4, -0.2) is 25.7 Å². The van der Waals surface area contributed by atoms with Crippen molar-refractivity contribution in [2.24, 2.45) is 5.92 Å². The van der Waals surface area contributed by atoms with Gasteiger partial charge in [-0.15, -0.1) is 0 Å². The largest absolute Gasteiger partial charge is 0.370 e. The molecule has 1 fully saturated rings. The second kappa shape index (κ2) is 5.35. The molecule has 1 unspecified atom stereocenters. The van der Waals surface area contributed by atoms with E-state index in [4.69, 9.17) is 0 Å². The Morgan fingerprint density at radius 1 is 1.25 bits per heavy atom. The third-order valence-corrected chi connectivity index (χ3v) is 3.35. The van der Waals surface area contributed by atoms with E-state index in [1.165, 1.54) is 18.7 Å². The number of anilines is 1. The number of benzene rings is 1. The highest BCUT2D eigenvalue weighted by Gasteiger charge is 2.19. The molecule has 1 atom stereocenters. The predicted molar refractivity (Wildman–Crippen MR) is 69.9 cm³/mol. The molecule has 2 nitrogen and oxygen atoms in total. The van der Waals surface area contributed by atoms with Crippen molar-refractivity contribution in [2.45, 2.75) is 26.3 Å². The van der Waals surface area contributed by atoms with Gasteiger partial charge in [-0.2, -0.15) is 0 Å². The van der Waals surface area contributed by atoms with E-state index in [0.29, 0.717) is 12.0 Å². The normalized spacial score (nSPS) is 22.2. The van der Waals surface area contributed by atoms with E-state index in [9.17, 15) is 0 Å². The van der Waals surface area contributed by atoms with Gasteiger partial charge in [0.15, 0.2) is 0 Å². The van der Waals surface area contributed by atoms with Gasteiger partial charge in [0.2, 0.25) is 0 Å². The summed E-state index contributed by atoms with van der Waals surface area (Å²) in [6.45, 7) is 8.03. The maximum atomic E-state index is 3.64. The van der Waals surface area contributed by atoms with Gasteiger partial charge in [0.25, 0.3) is 0 Å². The molecule has 0 saturated carbocycles. The van der Waals surface area contributed by atoms with Gasteiger partial charge in [0, 0.05) is 24.8 Å². The van der Waals surface area contributed by atoms with Gasteiger partial charge in [0.05, 0.1) is 0 Å². The molecule has 0 radical (unpaired) electrons. The number of hydrogen-bond donors (Lipinski definition) is 1. The minimum atomic E-state index is 0.614. The molecule has 1 heterocycles. The highest BCUT2D eigenvalue weighted by atomic mass is 15.2. The molecule has 1 aromatic carbocycles. The molecule has 1 aliphatic rings. The molecule has 0 amide bonds. The van der Waals surface area contributed by atoms with Gasteiger partial charge in [-0.05, 0) is 31.0 Å². The topological polar surface area (TPSA) is 15.3 Å². The standard InChI is InChI=1S/C14H22N2/c1-12(2)14-11-16(10-6-9-15-14)13-7-4-3-5-8-13/h3-5,7-8,12,14-15H,6,9-11H2,1-2H3. The summed E-state index contributed by atoms with van der Waals surface area (Å²) in [6, 6.07) is 11.4. The van der Waals surface area contributed by atoms with Crippen LogP contribution in [0.2, 0.25) is 0 Å². The van der Waals surface area contributed by atoms with Crippen molar-refractivity contribution < 1.29 is 0 Å². The Kier molecular flexibility index (Phi) is 3.83. The van der Waals surface area contributed by atoms with Crippen LogP contribution in [0.25, 0.3) is 0 Å². The quantitative estimate of drug-likeness (QED) is 0.820. The smallest absolute Gasteiger partial charge is 0.0366 e. The zero-order valence-electron chi connectivity index (χ0n) is 10.3. The van der Waals surface area contributed by atoms with Crippen molar-refractivity contribution in [3.63, 3.8) is 0 Å². The van der Waals surface area contributed by atoms with Crippen LogP contribution in [0, 0.1) is 5.92 Å². The summed E-state index contributed by atoms with van der Waals surface area (Å²) >= 11 is 0. The lowest BCUT2D eigenvalue weighted by Crippen LogP contribution is -2.41. The van der Waals surface area contributed by atoms with Crippen molar-refractivity contribution in [3.05, 3.63) is 30.3 Å². The minimum absolute atomic E-state index is 0.614. The first-order chi connectivity index (χ1) is 7.77. The molecule has 1 N–H and O–H groups in total. The Hall–Kier alpha value is -1.02. The fourth-order valence-electron chi connectivity index (χ4n) is 2.27. The highest BCUT2D eigenvalue weighted by Crippen LogP contribution is 2.17. The SMILES string of the molecule is CC(C)C1CN(c2ccccc2)CCCN1. The molecule has 0 aromatic heterocycles. The van der Waals surface area contributed by atoms with E-state index in [1.807, 2.05) is 0 Å². The number of nitrogens with one attached hydrogen (secondary N) is 1. The average molecular weight is 218 g/mol. The monoisotopic (exact) mass is 218 g/mol. The van der Waals surface area contributed by atoms with E-state index in [1.54, 1.807) is 0 Å². The Bertz CT molecular complexity index is 308. The van der Waals surface area contributed by atoms with Gasteiger partial charge in [-0.25, -0.2) is 0 Å². The Morgan fingerprint density at radius 2 is 2.00 bits per heavy atom. The van der Waals surface area contributed by atoms with E-state index in [-0.39, 0.29) is 0 Å². The molecule has 2 heteroatoms. The molecular weight excluding hydrogens is 196 g/mol. The lowest BCUT2D eigenvalue weighted by molar-refractivity contribution is 0.420. The van der Waals surface area contributed by atoms with Gasteiger partial charge in [-0.1, -0.05) is 32.0 Å². The molecule has 88 valence electrons. The van der Waals surface area contributed by atoms with Crippen molar-refractivity contribution >= 4 is 5.69 Å².